The molecule has 3 rings (SSSR count). The van der Waals surface area contributed by atoms with Crippen LogP contribution < -0.4 is 10.6 Å². The molecule has 0 unspecified atom stereocenters. The fourth-order valence-electron chi connectivity index (χ4n) is 3.47. The van der Waals surface area contributed by atoms with Crippen LogP contribution >= 0.6 is 0 Å². The second-order valence-electron chi connectivity index (χ2n) is 7.28. The molecule has 0 bridgehead atoms. The number of nitrogens with zero attached hydrogens (tertiary/aromatic N) is 2. The maximum Gasteiger partial charge on any atom is 0.272 e. The number of sulfonamides is 1. The Morgan fingerprint density at radius 1 is 1.36 bits per heavy atom. The lowest BCUT2D eigenvalue weighted by Gasteiger charge is -2.32. The summed E-state index contributed by atoms with van der Waals surface area (Å²) in [5, 5.41) is 13.4. The minimum absolute atomic E-state index is 0.0121. The number of aromatic amines is 1. The molecule has 1 fully saturated rings. The van der Waals surface area contributed by atoms with E-state index in [1.807, 2.05) is 13.8 Å². The predicted molar refractivity (Wildman–Crippen MR) is 94.7 cm³/mol. The molecule has 2 aliphatic heterocycles. The number of nitrogens with one attached hydrogen (secondary N) is 3. The molecular formula is C16H27N5O3S. The molecule has 3 N–H and O–H groups in total. The normalized spacial score (nSPS) is 19.8. The molecule has 1 amide bonds. The van der Waals surface area contributed by atoms with Crippen molar-refractivity contribution in [2.75, 3.05) is 25.4 Å². The second kappa shape index (κ2) is 7.43. The Bertz CT molecular complexity index is 720. The maximum atomic E-state index is 12.5. The molecule has 140 valence electrons. The average Bonchev–Trinajstić information content (AvgIpc) is 2.98. The lowest BCUT2D eigenvalue weighted by Crippen LogP contribution is -2.47. The van der Waals surface area contributed by atoms with Gasteiger partial charge in [-0.15, -0.1) is 0 Å². The molecule has 1 aromatic rings. The summed E-state index contributed by atoms with van der Waals surface area (Å²) in [6, 6.07) is -0.0121. The van der Waals surface area contributed by atoms with E-state index in [1.165, 1.54) is 0 Å². The van der Waals surface area contributed by atoms with Crippen LogP contribution in [0, 0.1) is 5.92 Å². The number of aromatic nitrogens is 2. The van der Waals surface area contributed by atoms with E-state index in [1.54, 1.807) is 4.31 Å². The van der Waals surface area contributed by atoms with Crippen molar-refractivity contribution >= 4 is 15.9 Å². The first-order valence-electron chi connectivity index (χ1n) is 8.92. The van der Waals surface area contributed by atoms with Crippen molar-refractivity contribution < 1.29 is 13.2 Å². The molecule has 8 nitrogen and oxygen atoms in total. The number of hydrogen-bond donors (Lipinski definition) is 3. The Morgan fingerprint density at radius 3 is 2.76 bits per heavy atom. The SMILES string of the molecule is CC(C)CS(=O)(=O)N1CCC(NC(=O)c2n[nH]c3c2CNCC3)CC1. The maximum absolute atomic E-state index is 12.5. The molecule has 0 atom stereocenters. The quantitative estimate of drug-likeness (QED) is 0.689. The van der Waals surface area contributed by atoms with E-state index in [4.69, 9.17) is 0 Å². The second-order valence-corrected chi connectivity index (χ2v) is 9.29. The number of piperidine rings is 1. The van der Waals surface area contributed by atoms with Gasteiger partial charge in [0.1, 0.15) is 0 Å². The van der Waals surface area contributed by atoms with Gasteiger partial charge in [-0.1, -0.05) is 13.8 Å². The van der Waals surface area contributed by atoms with E-state index in [0.717, 1.165) is 24.2 Å². The van der Waals surface area contributed by atoms with Crippen molar-refractivity contribution in [2.24, 2.45) is 5.92 Å². The number of fused-ring (bicyclic) bond motifs is 1. The molecule has 1 saturated heterocycles. The summed E-state index contributed by atoms with van der Waals surface area (Å²) in [6.07, 6.45) is 2.11. The molecule has 25 heavy (non-hydrogen) atoms. The molecule has 1 aromatic heterocycles. The smallest absolute Gasteiger partial charge is 0.272 e. The number of hydrogen-bond acceptors (Lipinski definition) is 5. The van der Waals surface area contributed by atoms with Gasteiger partial charge in [0.25, 0.3) is 5.91 Å². The molecule has 0 aromatic carbocycles. The molecular weight excluding hydrogens is 342 g/mol. The Morgan fingerprint density at radius 2 is 2.08 bits per heavy atom. The molecule has 0 radical (unpaired) electrons. The van der Waals surface area contributed by atoms with Gasteiger partial charge >= 0.3 is 0 Å². The van der Waals surface area contributed by atoms with Crippen LogP contribution in [0.5, 0.6) is 0 Å². The van der Waals surface area contributed by atoms with E-state index in [2.05, 4.69) is 20.8 Å². The Hall–Kier alpha value is -1.45. The molecule has 0 spiro atoms. The van der Waals surface area contributed by atoms with Gasteiger partial charge in [0.2, 0.25) is 10.0 Å². The van der Waals surface area contributed by atoms with Crippen molar-refractivity contribution in [3.05, 3.63) is 17.0 Å². The summed E-state index contributed by atoms with van der Waals surface area (Å²) in [6.45, 7) is 6.27. The molecule has 9 heteroatoms. The third kappa shape index (κ3) is 4.21. The first kappa shape index (κ1) is 18.3. The Labute approximate surface area is 148 Å². The first-order valence-corrected chi connectivity index (χ1v) is 10.5. The van der Waals surface area contributed by atoms with Crippen LogP contribution in [0.2, 0.25) is 0 Å². The molecule has 2 aliphatic rings. The van der Waals surface area contributed by atoms with Gasteiger partial charge in [-0.25, -0.2) is 12.7 Å². The summed E-state index contributed by atoms with van der Waals surface area (Å²) < 4.78 is 26.1. The fourth-order valence-corrected chi connectivity index (χ4v) is 5.29. The molecule has 0 aliphatic carbocycles. The number of carbonyl (C=O) groups excluding carboxylic acids is 1. The van der Waals surface area contributed by atoms with Crippen molar-refractivity contribution in [2.45, 2.75) is 45.7 Å². The van der Waals surface area contributed by atoms with Gasteiger partial charge in [0.05, 0.1) is 5.75 Å². The number of H-pyrrole nitrogens is 1. The van der Waals surface area contributed by atoms with E-state index < -0.39 is 10.0 Å². The van der Waals surface area contributed by atoms with Gasteiger partial charge < -0.3 is 10.6 Å². The van der Waals surface area contributed by atoms with Crippen molar-refractivity contribution in [1.29, 1.82) is 0 Å². The average molecular weight is 369 g/mol. The first-order chi connectivity index (χ1) is 11.9. The molecule has 0 saturated carbocycles. The summed E-state index contributed by atoms with van der Waals surface area (Å²) in [5.74, 6) is 0.114. The third-order valence-electron chi connectivity index (χ3n) is 4.75. The highest BCUT2D eigenvalue weighted by Gasteiger charge is 2.30. The van der Waals surface area contributed by atoms with Crippen molar-refractivity contribution in [3.8, 4) is 0 Å². The minimum atomic E-state index is -3.19. The summed E-state index contributed by atoms with van der Waals surface area (Å²) in [5.41, 5.74) is 2.43. The van der Waals surface area contributed by atoms with E-state index in [-0.39, 0.29) is 23.6 Å². The van der Waals surface area contributed by atoms with E-state index in [0.29, 0.717) is 38.2 Å². The number of carbonyl (C=O) groups is 1. The summed E-state index contributed by atoms with van der Waals surface area (Å²) >= 11 is 0. The van der Waals surface area contributed by atoms with Gasteiger partial charge in [-0.3, -0.25) is 9.89 Å². The summed E-state index contributed by atoms with van der Waals surface area (Å²) in [7, 11) is -3.19. The summed E-state index contributed by atoms with van der Waals surface area (Å²) in [4.78, 5) is 12.5. The van der Waals surface area contributed by atoms with Crippen LogP contribution in [0.1, 0.15) is 48.4 Å². The zero-order valence-electron chi connectivity index (χ0n) is 14.8. The van der Waals surface area contributed by atoms with E-state index in [9.17, 15) is 13.2 Å². The Balaban J connectivity index is 1.56. The number of amides is 1. The van der Waals surface area contributed by atoms with E-state index >= 15 is 0 Å². The highest BCUT2D eigenvalue weighted by Crippen LogP contribution is 2.18. The lowest BCUT2D eigenvalue weighted by atomic mass is 10.0. The van der Waals surface area contributed by atoms with Gasteiger partial charge in [0.15, 0.2) is 5.69 Å². The van der Waals surface area contributed by atoms with Crippen molar-refractivity contribution in [3.63, 3.8) is 0 Å². The van der Waals surface area contributed by atoms with Gasteiger partial charge in [0, 0.05) is 49.9 Å². The van der Waals surface area contributed by atoms with Crippen LogP contribution in [0.4, 0.5) is 0 Å². The zero-order chi connectivity index (χ0) is 18.0. The zero-order valence-corrected chi connectivity index (χ0v) is 15.7. The van der Waals surface area contributed by atoms with Crippen LogP contribution in [0.15, 0.2) is 0 Å². The topological polar surface area (TPSA) is 107 Å². The van der Waals surface area contributed by atoms with Crippen LogP contribution in [-0.2, 0) is 23.0 Å². The van der Waals surface area contributed by atoms with Gasteiger partial charge in [-0.2, -0.15) is 5.10 Å². The highest BCUT2D eigenvalue weighted by molar-refractivity contribution is 7.89. The standard InChI is InChI=1S/C16H27N5O3S/c1-11(2)10-25(23,24)21-7-4-12(5-8-21)18-16(22)15-13-9-17-6-3-14(13)19-20-15/h11-12,17H,3-10H2,1-2H3,(H,18,22)(H,19,20). The third-order valence-corrected chi connectivity index (χ3v) is 6.99. The predicted octanol–water partition coefficient (Wildman–Crippen LogP) is 0.235. The van der Waals surface area contributed by atoms with Gasteiger partial charge in [-0.05, 0) is 18.8 Å². The van der Waals surface area contributed by atoms with Crippen LogP contribution in [0.3, 0.4) is 0 Å². The minimum Gasteiger partial charge on any atom is -0.348 e. The van der Waals surface area contributed by atoms with Crippen molar-refractivity contribution in [1.82, 2.24) is 25.1 Å². The largest absolute Gasteiger partial charge is 0.348 e. The lowest BCUT2D eigenvalue weighted by molar-refractivity contribution is 0.0917. The molecule has 3 heterocycles. The highest BCUT2D eigenvalue weighted by atomic mass is 32.2. The monoisotopic (exact) mass is 369 g/mol. The van der Waals surface area contributed by atoms with Crippen LogP contribution in [0.25, 0.3) is 0 Å². The number of rotatable bonds is 5. The fraction of sp³-hybridized carbons (Fsp3) is 0.750. The Kier molecular flexibility index (Phi) is 5.45. The van der Waals surface area contributed by atoms with Crippen LogP contribution in [-0.4, -0.2) is 60.3 Å².